The highest BCUT2D eigenvalue weighted by Gasteiger charge is 2.30. The summed E-state index contributed by atoms with van der Waals surface area (Å²) in [5.74, 6) is 2.25. The predicted octanol–water partition coefficient (Wildman–Crippen LogP) is 5.61. The second kappa shape index (κ2) is 6.61. The van der Waals surface area contributed by atoms with Gasteiger partial charge in [0.25, 0.3) is 0 Å². The quantitative estimate of drug-likeness (QED) is 0.620. The fraction of sp³-hybridized carbons (Fsp3) is 0.647. The van der Waals surface area contributed by atoms with Crippen molar-refractivity contribution in [3.05, 3.63) is 35.9 Å². The lowest BCUT2D eigenvalue weighted by Crippen LogP contribution is -2.26. The maximum absolute atomic E-state index is 6.54. The number of benzene rings is 1. The first kappa shape index (κ1) is 13.9. The largest absolute Gasteiger partial charge is 0.123 e. The Kier molecular flexibility index (Phi) is 5.12. The maximum atomic E-state index is 6.54. The fourth-order valence-electron chi connectivity index (χ4n) is 3.18. The van der Waals surface area contributed by atoms with Crippen LogP contribution in [0.1, 0.15) is 57.4 Å². The van der Waals surface area contributed by atoms with Crippen molar-refractivity contribution in [3.63, 3.8) is 0 Å². The fourth-order valence-corrected chi connectivity index (χ4v) is 3.51. The molecule has 1 fully saturated rings. The van der Waals surface area contributed by atoms with Gasteiger partial charge in [0.2, 0.25) is 0 Å². The van der Waals surface area contributed by atoms with Gasteiger partial charge in [0, 0.05) is 5.38 Å². The molecule has 0 heterocycles. The first-order chi connectivity index (χ1) is 8.70. The van der Waals surface area contributed by atoms with Gasteiger partial charge in [0.15, 0.2) is 0 Å². The van der Waals surface area contributed by atoms with E-state index in [0.717, 1.165) is 11.8 Å². The van der Waals surface area contributed by atoms with Crippen molar-refractivity contribution in [3.8, 4) is 0 Å². The first-order valence-corrected chi connectivity index (χ1v) is 7.83. The first-order valence-electron chi connectivity index (χ1n) is 7.39. The van der Waals surface area contributed by atoms with E-state index in [-0.39, 0.29) is 0 Å². The molecule has 1 aliphatic carbocycles. The van der Waals surface area contributed by atoms with E-state index in [1.807, 2.05) is 0 Å². The van der Waals surface area contributed by atoms with Crippen molar-refractivity contribution < 1.29 is 0 Å². The standard InChI is InChI=1S/C17H25Cl/c1-3-13(2)11-16-12-15(9-10-17(16)18)14-7-5-4-6-8-14/h4-8,13,15-17H,3,9-12H2,1-2H3. The minimum Gasteiger partial charge on any atom is -0.123 e. The Morgan fingerprint density at radius 1 is 1.22 bits per heavy atom. The zero-order chi connectivity index (χ0) is 13.0. The summed E-state index contributed by atoms with van der Waals surface area (Å²) in [5.41, 5.74) is 1.51. The molecule has 4 atom stereocenters. The van der Waals surface area contributed by atoms with Crippen LogP contribution < -0.4 is 0 Å². The summed E-state index contributed by atoms with van der Waals surface area (Å²) in [6, 6.07) is 11.0. The molecule has 1 saturated carbocycles. The zero-order valence-electron chi connectivity index (χ0n) is 11.6. The molecule has 1 aliphatic rings. The monoisotopic (exact) mass is 264 g/mol. The summed E-state index contributed by atoms with van der Waals surface area (Å²) >= 11 is 6.54. The summed E-state index contributed by atoms with van der Waals surface area (Å²) in [6.45, 7) is 4.64. The van der Waals surface area contributed by atoms with E-state index in [0.29, 0.717) is 11.3 Å². The molecule has 0 aliphatic heterocycles. The second-order valence-corrected chi connectivity index (χ2v) is 6.51. The maximum Gasteiger partial charge on any atom is 0.0364 e. The molecule has 0 aromatic heterocycles. The van der Waals surface area contributed by atoms with Gasteiger partial charge in [-0.1, -0.05) is 50.6 Å². The number of alkyl halides is 1. The molecular weight excluding hydrogens is 240 g/mol. The van der Waals surface area contributed by atoms with Gasteiger partial charge in [-0.3, -0.25) is 0 Å². The summed E-state index contributed by atoms with van der Waals surface area (Å²) in [5, 5.41) is 0.402. The average Bonchev–Trinajstić information content (AvgIpc) is 2.42. The van der Waals surface area contributed by atoms with Gasteiger partial charge in [-0.25, -0.2) is 0 Å². The van der Waals surface area contributed by atoms with E-state index in [1.165, 1.54) is 37.7 Å². The molecule has 0 bridgehead atoms. The smallest absolute Gasteiger partial charge is 0.0364 e. The van der Waals surface area contributed by atoms with Crippen LogP contribution in [0.15, 0.2) is 30.3 Å². The Labute approximate surface area is 117 Å². The molecule has 1 aromatic carbocycles. The van der Waals surface area contributed by atoms with Crippen molar-refractivity contribution in [1.82, 2.24) is 0 Å². The molecule has 0 spiro atoms. The van der Waals surface area contributed by atoms with Crippen LogP contribution in [0.5, 0.6) is 0 Å². The number of rotatable bonds is 4. The Morgan fingerprint density at radius 2 is 1.94 bits per heavy atom. The van der Waals surface area contributed by atoms with Crippen LogP contribution in [-0.2, 0) is 0 Å². The van der Waals surface area contributed by atoms with Crippen LogP contribution in [0.25, 0.3) is 0 Å². The van der Waals surface area contributed by atoms with Gasteiger partial charge in [-0.2, -0.15) is 0 Å². The van der Waals surface area contributed by atoms with E-state index in [9.17, 15) is 0 Å². The summed E-state index contributed by atoms with van der Waals surface area (Å²) in [4.78, 5) is 0. The van der Waals surface area contributed by atoms with Crippen molar-refractivity contribution in [2.45, 2.75) is 57.2 Å². The second-order valence-electron chi connectivity index (χ2n) is 5.95. The molecule has 0 amide bonds. The third-order valence-corrected chi connectivity index (χ3v) is 5.14. The lowest BCUT2D eigenvalue weighted by Gasteiger charge is -2.34. The Bertz CT molecular complexity index is 346. The highest BCUT2D eigenvalue weighted by molar-refractivity contribution is 6.20. The van der Waals surface area contributed by atoms with Crippen LogP contribution in [0.3, 0.4) is 0 Å². The highest BCUT2D eigenvalue weighted by Crippen LogP contribution is 2.41. The molecular formula is C17H25Cl. The SMILES string of the molecule is CCC(C)CC1CC(c2ccccc2)CCC1Cl. The van der Waals surface area contributed by atoms with Crippen LogP contribution >= 0.6 is 11.6 Å². The normalized spacial score (nSPS) is 30.1. The van der Waals surface area contributed by atoms with Gasteiger partial charge in [-0.15, -0.1) is 11.6 Å². The van der Waals surface area contributed by atoms with Crippen molar-refractivity contribution in [2.24, 2.45) is 11.8 Å². The molecule has 4 unspecified atom stereocenters. The molecule has 1 aromatic rings. The van der Waals surface area contributed by atoms with Crippen LogP contribution in [0, 0.1) is 11.8 Å². The lowest BCUT2D eigenvalue weighted by atomic mass is 9.74. The van der Waals surface area contributed by atoms with E-state index < -0.39 is 0 Å². The summed E-state index contributed by atoms with van der Waals surface area (Å²) < 4.78 is 0. The van der Waals surface area contributed by atoms with Gasteiger partial charge in [0.1, 0.15) is 0 Å². The van der Waals surface area contributed by atoms with E-state index in [2.05, 4.69) is 44.2 Å². The molecule has 0 N–H and O–H groups in total. The topological polar surface area (TPSA) is 0 Å². The lowest BCUT2D eigenvalue weighted by molar-refractivity contribution is 0.275. The van der Waals surface area contributed by atoms with Gasteiger partial charge < -0.3 is 0 Å². The van der Waals surface area contributed by atoms with Gasteiger partial charge >= 0.3 is 0 Å². The molecule has 0 radical (unpaired) electrons. The highest BCUT2D eigenvalue weighted by atomic mass is 35.5. The van der Waals surface area contributed by atoms with Gasteiger partial charge in [0.05, 0.1) is 0 Å². The summed E-state index contributed by atoms with van der Waals surface area (Å²) in [7, 11) is 0. The minimum atomic E-state index is 0.402. The van der Waals surface area contributed by atoms with Crippen molar-refractivity contribution >= 4 is 11.6 Å². The summed E-state index contributed by atoms with van der Waals surface area (Å²) in [6.07, 6.45) is 6.30. The van der Waals surface area contributed by atoms with Crippen molar-refractivity contribution in [2.75, 3.05) is 0 Å². The molecule has 1 heteroatoms. The van der Waals surface area contributed by atoms with Gasteiger partial charge in [-0.05, 0) is 49.0 Å². The minimum absolute atomic E-state index is 0.402. The number of hydrogen-bond acceptors (Lipinski definition) is 0. The van der Waals surface area contributed by atoms with Crippen LogP contribution in [-0.4, -0.2) is 5.38 Å². The third kappa shape index (κ3) is 3.51. The van der Waals surface area contributed by atoms with Crippen LogP contribution in [0.4, 0.5) is 0 Å². The van der Waals surface area contributed by atoms with E-state index in [1.54, 1.807) is 0 Å². The zero-order valence-corrected chi connectivity index (χ0v) is 12.4. The molecule has 0 nitrogen and oxygen atoms in total. The predicted molar refractivity (Wildman–Crippen MR) is 80.2 cm³/mol. The number of hydrogen-bond donors (Lipinski definition) is 0. The Hall–Kier alpha value is -0.490. The Morgan fingerprint density at radius 3 is 2.61 bits per heavy atom. The molecule has 2 rings (SSSR count). The third-order valence-electron chi connectivity index (χ3n) is 4.56. The average molecular weight is 265 g/mol. The van der Waals surface area contributed by atoms with Crippen LogP contribution in [0.2, 0.25) is 0 Å². The number of halogens is 1. The van der Waals surface area contributed by atoms with Crippen molar-refractivity contribution in [1.29, 1.82) is 0 Å². The molecule has 18 heavy (non-hydrogen) atoms. The molecule has 0 saturated heterocycles. The Balaban J connectivity index is 2.00. The van der Waals surface area contributed by atoms with E-state index in [4.69, 9.17) is 11.6 Å². The molecule has 100 valence electrons. The van der Waals surface area contributed by atoms with E-state index >= 15 is 0 Å².